The standard InChI is InChI=1S/C9H14N4O/c1-9(4-3-5-11-9)7(14)8-10-6-12-13(8)2/h6,11H,3-5H2,1-2H3. The van der Waals surface area contributed by atoms with Crippen molar-refractivity contribution >= 4 is 5.78 Å². The lowest BCUT2D eigenvalue weighted by Crippen LogP contribution is -2.45. The van der Waals surface area contributed by atoms with Gasteiger partial charge in [0.1, 0.15) is 6.33 Å². The Balaban J connectivity index is 2.28. The largest absolute Gasteiger partial charge is 0.305 e. The van der Waals surface area contributed by atoms with Crippen molar-refractivity contribution in [2.45, 2.75) is 25.3 Å². The molecule has 1 aliphatic heterocycles. The fourth-order valence-electron chi connectivity index (χ4n) is 1.84. The summed E-state index contributed by atoms with van der Waals surface area (Å²) in [7, 11) is 1.73. The number of hydrogen-bond acceptors (Lipinski definition) is 4. The molecule has 2 heterocycles. The molecule has 0 aromatic carbocycles. The van der Waals surface area contributed by atoms with Gasteiger partial charge in [-0.05, 0) is 26.3 Å². The Morgan fingerprint density at radius 2 is 2.50 bits per heavy atom. The summed E-state index contributed by atoms with van der Waals surface area (Å²) in [6.07, 6.45) is 3.32. The highest BCUT2D eigenvalue weighted by atomic mass is 16.1. The van der Waals surface area contributed by atoms with Crippen molar-refractivity contribution in [2.75, 3.05) is 6.54 Å². The van der Waals surface area contributed by atoms with Gasteiger partial charge < -0.3 is 5.32 Å². The molecule has 2 rings (SSSR count). The second-order valence-corrected chi connectivity index (χ2v) is 3.90. The second-order valence-electron chi connectivity index (χ2n) is 3.90. The van der Waals surface area contributed by atoms with Crippen molar-refractivity contribution < 1.29 is 4.79 Å². The molecule has 1 aromatic rings. The number of nitrogens with zero attached hydrogens (tertiary/aromatic N) is 3. The molecule has 1 saturated heterocycles. The molecule has 5 heteroatoms. The summed E-state index contributed by atoms with van der Waals surface area (Å²) in [6, 6.07) is 0. The molecule has 0 saturated carbocycles. The summed E-state index contributed by atoms with van der Waals surface area (Å²) in [5.41, 5.74) is -0.444. The van der Waals surface area contributed by atoms with E-state index < -0.39 is 5.54 Å². The van der Waals surface area contributed by atoms with Gasteiger partial charge in [-0.1, -0.05) is 0 Å². The predicted octanol–water partition coefficient (Wildman–Crippen LogP) is 0.140. The molecule has 14 heavy (non-hydrogen) atoms. The van der Waals surface area contributed by atoms with Crippen LogP contribution < -0.4 is 5.32 Å². The van der Waals surface area contributed by atoms with Gasteiger partial charge >= 0.3 is 0 Å². The van der Waals surface area contributed by atoms with Crippen LogP contribution in [0.3, 0.4) is 0 Å². The van der Waals surface area contributed by atoms with Crippen LogP contribution in [0.1, 0.15) is 30.4 Å². The SMILES string of the molecule is Cn1ncnc1C(=O)C1(C)CCCN1. The first-order valence-corrected chi connectivity index (χ1v) is 4.77. The lowest BCUT2D eigenvalue weighted by atomic mass is 9.94. The molecule has 0 bridgehead atoms. The van der Waals surface area contributed by atoms with Gasteiger partial charge in [0.15, 0.2) is 5.82 Å². The van der Waals surface area contributed by atoms with E-state index in [1.165, 1.54) is 11.0 Å². The van der Waals surface area contributed by atoms with Crippen LogP contribution in [-0.2, 0) is 7.05 Å². The van der Waals surface area contributed by atoms with Gasteiger partial charge in [-0.2, -0.15) is 5.10 Å². The van der Waals surface area contributed by atoms with E-state index in [9.17, 15) is 4.79 Å². The van der Waals surface area contributed by atoms with Crippen LogP contribution >= 0.6 is 0 Å². The molecule has 0 spiro atoms. The quantitative estimate of drug-likeness (QED) is 0.680. The minimum Gasteiger partial charge on any atom is -0.305 e. The smallest absolute Gasteiger partial charge is 0.219 e. The molecule has 1 aliphatic rings. The van der Waals surface area contributed by atoms with Gasteiger partial charge in [-0.15, -0.1) is 0 Å². The van der Waals surface area contributed by atoms with E-state index >= 15 is 0 Å². The maximum absolute atomic E-state index is 12.1. The fourth-order valence-corrected chi connectivity index (χ4v) is 1.84. The zero-order valence-electron chi connectivity index (χ0n) is 8.45. The fraction of sp³-hybridized carbons (Fsp3) is 0.667. The van der Waals surface area contributed by atoms with Crippen LogP contribution in [0.5, 0.6) is 0 Å². The first-order chi connectivity index (χ1) is 6.63. The lowest BCUT2D eigenvalue weighted by Gasteiger charge is -2.21. The molecule has 5 nitrogen and oxygen atoms in total. The van der Waals surface area contributed by atoms with Gasteiger partial charge in [0.25, 0.3) is 0 Å². The Labute approximate surface area is 82.5 Å². The predicted molar refractivity (Wildman–Crippen MR) is 51.0 cm³/mol. The molecule has 1 atom stereocenters. The summed E-state index contributed by atoms with van der Waals surface area (Å²) < 4.78 is 1.52. The number of Topliss-reactive ketones (excluding diaryl/α,β-unsaturated/α-hetero) is 1. The minimum atomic E-state index is -0.444. The molecule has 0 radical (unpaired) electrons. The third kappa shape index (κ3) is 1.33. The number of aromatic nitrogens is 3. The molecular weight excluding hydrogens is 180 g/mol. The molecule has 1 unspecified atom stereocenters. The number of ketones is 1. The maximum Gasteiger partial charge on any atom is 0.219 e. The van der Waals surface area contributed by atoms with E-state index in [1.807, 2.05) is 6.92 Å². The van der Waals surface area contributed by atoms with Gasteiger partial charge in [-0.25, -0.2) is 9.67 Å². The zero-order chi connectivity index (χ0) is 10.2. The minimum absolute atomic E-state index is 0.0370. The van der Waals surface area contributed by atoms with Gasteiger partial charge in [0.05, 0.1) is 5.54 Å². The third-order valence-corrected chi connectivity index (χ3v) is 2.78. The second kappa shape index (κ2) is 3.16. The highest BCUT2D eigenvalue weighted by molar-refractivity contribution is 6.00. The Hall–Kier alpha value is -1.23. The lowest BCUT2D eigenvalue weighted by molar-refractivity contribution is 0.0869. The van der Waals surface area contributed by atoms with Crippen molar-refractivity contribution in [1.82, 2.24) is 20.1 Å². The van der Waals surface area contributed by atoms with E-state index in [0.29, 0.717) is 5.82 Å². The van der Waals surface area contributed by atoms with Crippen molar-refractivity contribution in [3.05, 3.63) is 12.2 Å². The van der Waals surface area contributed by atoms with Crippen molar-refractivity contribution in [1.29, 1.82) is 0 Å². The van der Waals surface area contributed by atoms with Crippen molar-refractivity contribution in [3.8, 4) is 0 Å². The zero-order valence-corrected chi connectivity index (χ0v) is 8.45. The first kappa shape index (κ1) is 9.33. The highest BCUT2D eigenvalue weighted by Crippen LogP contribution is 2.22. The third-order valence-electron chi connectivity index (χ3n) is 2.78. The molecule has 0 amide bonds. The summed E-state index contributed by atoms with van der Waals surface area (Å²) in [6.45, 7) is 2.83. The van der Waals surface area contributed by atoms with E-state index in [2.05, 4.69) is 15.4 Å². The van der Waals surface area contributed by atoms with Gasteiger partial charge in [0.2, 0.25) is 5.78 Å². The average molecular weight is 194 g/mol. The molecule has 1 aromatic heterocycles. The van der Waals surface area contributed by atoms with Crippen LogP contribution in [0.2, 0.25) is 0 Å². The van der Waals surface area contributed by atoms with E-state index in [4.69, 9.17) is 0 Å². The maximum atomic E-state index is 12.1. The van der Waals surface area contributed by atoms with Crippen LogP contribution in [0.4, 0.5) is 0 Å². The summed E-state index contributed by atoms with van der Waals surface area (Å²) in [5, 5.41) is 7.11. The number of carbonyl (C=O) groups excluding carboxylic acids is 1. The van der Waals surface area contributed by atoms with Crippen LogP contribution in [0.25, 0.3) is 0 Å². The Morgan fingerprint density at radius 1 is 1.71 bits per heavy atom. The van der Waals surface area contributed by atoms with Crippen LogP contribution in [0.15, 0.2) is 6.33 Å². The number of hydrogen-bond donors (Lipinski definition) is 1. The highest BCUT2D eigenvalue weighted by Gasteiger charge is 2.38. The Bertz CT molecular complexity index is 351. The number of nitrogens with one attached hydrogen (secondary N) is 1. The molecular formula is C9H14N4O. The summed E-state index contributed by atoms with van der Waals surface area (Å²) >= 11 is 0. The van der Waals surface area contributed by atoms with Crippen molar-refractivity contribution in [2.24, 2.45) is 7.05 Å². The topological polar surface area (TPSA) is 59.8 Å². The molecule has 0 aliphatic carbocycles. The Morgan fingerprint density at radius 3 is 3.00 bits per heavy atom. The number of rotatable bonds is 2. The van der Waals surface area contributed by atoms with Crippen LogP contribution in [0, 0.1) is 0 Å². The van der Waals surface area contributed by atoms with E-state index in [0.717, 1.165) is 19.4 Å². The normalized spacial score (nSPS) is 26.7. The van der Waals surface area contributed by atoms with E-state index in [-0.39, 0.29) is 5.78 Å². The van der Waals surface area contributed by atoms with Gasteiger partial charge in [0, 0.05) is 7.05 Å². The molecule has 76 valence electrons. The Kier molecular flexibility index (Phi) is 2.11. The summed E-state index contributed by atoms with van der Waals surface area (Å²) in [4.78, 5) is 16.0. The van der Waals surface area contributed by atoms with Crippen LogP contribution in [-0.4, -0.2) is 32.6 Å². The average Bonchev–Trinajstić information content (AvgIpc) is 2.74. The van der Waals surface area contributed by atoms with E-state index in [1.54, 1.807) is 7.05 Å². The molecule has 1 fully saturated rings. The molecule has 1 N–H and O–H groups in total. The van der Waals surface area contributed by atoms with Crippen molar-refractivity contribution in [3.63, 3.8) is 0 Å². The first-order valence-electron chi connectivity index (χ1n) is 4.77. The number of carbonyl (C=O) groups is 1. The van der Waals surface area contributed by atoms with Gasteiger partial charge in [-0.3, -0.25) is 4.79 Å². The summed E-state index contributed by atoms with van der Waals surface area (Å²) in [5.74, 6) is 0.469. The number of aryl methyl sites for hydroxylation is 1. The monoisotopic (exact) mass is 194 g/mol.